The van der Waals surface area contributed by atoms with E-state index in [2.05, 4.69) is 5.32 Å². The van der Waals surface area contributed by atoms with Crippen molar-refractivity contribution >= 4 is 11.9 Å². The van der Waals surface area contributed by atoms with E-state index in [4.69, 9.17) is 5.73 Å². The number of amides is 1. The summed E-state index contributed by atoms with van der Waals surface area (Å²) < 4.78 is 0. The molecule has 0 aromatic rings. The lowest BCUT2D eigenvalue weighted by molar-refractivity contribution is -0.147. The number of hydrogen-bond donors (Lipinski definition) is 3. The SMILES string of the molecule is CC(C)(NC1(C(=O)O)CCCCCC1)C(N)=O. The third-order valence-electron chi connectivity index (χ3n) is 3.53. The molecule has 98 valence electrons. The van der Waals surface area contributed by atoms with Gasteiger partial charge in [0.15, 0.2) is 0 Å². The third kappa shape index (κ3) is 3.19. The fraction of sp³-hybridized carbons (Fsp3) is 0.833. The molecule has 0 aliphatic heterocycles. The van der Waals surface area contributed by atoms with E-state index < -0.39 is 23.0 Å². The first kappa shape index (κ1) is 14.0. The lowest BCUT2D eigenvalue weighted by Crippen LogP contribution is -2.64. The average molecular weight is 242 g/mol. The van der Waals surface area contributed by atoms with Gasteiger partial charge in [0.05, 0.1) is 5.54 Å². The van der Waals surface area contributed by atoms with Crippen LogP contribution in [0.5, 0.6) is 0 Å². The highest BCUT2D eigenvalue weighted by molar-refractivity contribution is 5.86. The minimum atomic E-state index is -1.00. The van der Waals surface area contributed by atoms with Gasteiger partial charge in [-0.05, 0) is 26.7 Å². The molecule has 0 aromatic heterocycles. The Labute approximate surface area is 102 Å². The molecule has 5 heteroatoms. The van der Waals surface area contributed by atoms with Crippen molar-refractivity contribution in [3.63, 3.8) is 0 Å². The molecule has 1 rings (SSSR count). The molecule has 0 saturated heterocycles. The van der Waals surface area contributed by atoms with Gasteiger partial charge in [0, 0.05) is 0 Å². The van der Waals surface area contributed by atoms with E-state index in [0.717, 1.165) is 25.7 Å². The van der Waals surface area contributed by atoms with E-state index in [1.165, 1.54) is 0 Å². The van der Waals surface area contributed by atoms with Crippen LogP contribution in [-0.2, 0) is 9.59 Å². The van der Waals surface area contributed by atoms with Gasteiger partial charge in [-0.25, -0.2) is 0 Å². The lowest BCUT2D eigenvalue weighted by atomic mass is 9.86. The lowest BCUT2D eigenvalue weighted by Gasteiger charge is -2.36. The first-order valence-electron chi connectivity index (χ1n) is 6.13. The number of hydrogen-bond acceptors (Lipinski definition) is 3. The van der Waals surface area contributed by atoms with Crippen molar-refractivity contribution in [1.82, 2.24) is 5.32 Å². The van der Waals surface area contributed by atoms with E-state index >= 15 is 0 Å². The summed E-state index contributed by atoms with van der Waals surface area (Å²) in [6, 6.07) is 0. The van der Waals surface area contributed by atoms with Gasteiger partial charge in [-0.3, -0.25) is 14.9 Å². The second-order valence-electron chi connectivity index (χ2n) is 5.42. The number of rotatable bonds is 4. The van der Waals surface area contributed by atoms with Crippen LogP contribution in [0.25, 0.3) is 0 Å². The molecule has 4 N–H and O–H groups in total. The molecule has 0 radical (unpaired) electrons. The summed E-state index contributed by atoms with van der Waals surface area (Å²) in [5, 5.41) is 12.4. The molecule has 1 saturated carbocycles. The second-order valence-corrected chi connectivity index (χ2v) is 5.42. The Hall–Kier alpha value is -1.10. The van der Waals surface area contributed by atoms with E-state index in [1.807, 2.05) is 0 Å². The fourth-order valence-electron chi connectivity index (χ4n) is 2.38. The molecule has 5 nitrogen and oxygen atoms in total. The van der Waals surface area contributed by atoms with Gasteiger partial charge in [0.2, 0.25) is 5.91 Å². The Morgan fingerprint density at radius 3 is 2.00 bits per heavy atom. The van der Waals surface area contributed by atoms with E-state index in [1.54, 1.807) is 13.8 Å². The van der Waals surface area contributed by atoms with Gasteiger partial charge < -0.3 is 10.8 Å². The van der Waals surface area contributed by atoms with Crippen LogP contribution in [0.4, 0.5) is 0 Å². The van der Waals surface area contributed by atoms with Crippen LogP contribution < -0.4 is 11.1 Å². The Morgan fingerprint density at radius 2 is 1.65 bits per heavy atom. The summed E-state index contributed by atoms with van der Waals surface area (Å²) in [6.07, 6.45) is 4.95. The van der Waals surface area contributed by atoms with Gasteiger partial charge in [0.1, 0.15) is 5.54 Å². The van der Waals surface area contributed by atoms with Crippen molar-refractivity contribution in [2.24, 2.45) is 5.73 Å². The summed E-state index contributed by atoms with van der Waals surface area (Å²) in [7, 11) is 0. The Morgan fingerprint density at radius 1 is 1.18 bits per heavy atom. The van der Waals surface area contributed by atoms with Gasteiger partial charge in [0.25, 0.3) is 0 Å². The van der Waals surface area contributed by atoms with Crippen LogP contribution in [-0.4, -0.2) is 28.1 Å². The molecule has 1 amide bonds. The molecule has 0 aromatic carbocycles. The molecule has 1 fully saturated rings. The molecule has 0 unspecified atom stereocenters. The zero-order valence-corrected chi connectivity index (χ0v) is 10.6. The zero-order chi connectivity index (χ0) is 13.1. The summed E-state index contributed by atoms with van der Waals surface area (Å²) >= 11 is 0. The second kappa shape index (κ2) is 5.04. The summed E-state index contributed by atoms with van der Waals surface area (Å²) in [5.74, 6) is -1.41. The van der Waals surface area contributed by atoms with Crippen molar-refractivity contribution in [1.29, 1.82) is 0 Å². The Bertz CT molecular complexity index is 305. The van der Waals surface area contributed by atoms with Crippen LogP contribution in [0.15, 0.2) is 0 Å². The third-order valence-corrected chi connectivity index (χ3v) is 3.53. The highest BCUT2D eigenvalue weighted by Crippen LogP contribution is 2.29. The monoisotopic (exact) mass is 242 g/mol. The van der Waals surface area contributed by atoms with E-state index in [9.17, 15) is 14.7 Å². The number of primary amides is 1. The van der Waals surface area contributed by atoms with E-state index in [0.29, 0.717) is 12.8 Å². The fourth-order valence-corrected chi connectivity index (χ4v) is 2.38. The molecule has 1 aliphatic carbocycles. The van der Waals surface area contributed by atoms with Crippen molar-refractivity contribution in [3.05, 3.63) is 0 Å². The highest BCUT2D eigenvalue weighted by Gasteiger charge is 2.44. The summed E-state index contributed by atoms with van der Waals surface area (Å²) in [4.78, 5) is 22.8. The number of aliphatic carboxylic acids is 1. The predicted molar refractivity (Wildman–Crippen MR) is 64.5 cm³/mol. The van der Waals surface area contributed by atoms with Gasteiger partial charge >= 0.3 is 5.97 Å². The molecule has 1 aliphatic rings. The number of nitrogens with one attached hydrogen (secondary N) is 1. The Balaban J connectivity index is 2.91. The number of nitrogens with two attached hydrogens (primary N) is 1. The number of carbonyl (C=O) groups excluding carboxylic acids is 1. The quantitative estimate of drug-likeness (QED) is 0.642. The standard InChI is InChI=1S/C12H22N2O3/c1-11(2,9(13)15)14-12(10(16)17)7-5-3-4-6-8-12/h14H,3-8H2,1-2H3,(H2,13,15)(H,16,17). The average Bonchev–Trinajstić information content (AvgIpc) is 2.43. The molecule has 17 heavy (non-hydrogen) atoms. The summed E-state index contributed by atoms with van der Waals surface area (Å²) in [6.45, 7) is 3.26. The van der Waals surface area contributed by atoms with Crippen LogP contribution in [0.1, 0.15) is 52.4 Å². The maximum atomic E-state index is 11.5. The minimum Gasteiger partial charge on any atom is -0.480 e. The molecule has 0 bridgehead atoms. The van der Waals surface area contributed by atoms with Crippen molar-refractivity contribution in [2.75, 3.05) is 0 Å². The number of carbonyl (C=O) groups is 2. The first-order valence-corrected chi connectivity index (χ1v) is 6.13. The highest BCUT2D eigenvalue weighted by atomic mass is 16.4. The topological polar surface area (TPSA) is 92.4 Å². The zero-order valence-electron chi connectivity index (χ0n) is 10.6. The largest absolute Gasteiger partial charge is 0.480 e. The number of carboxylic acid groups (broad SMARTS) is 1. The molecular formula is C12H22N2O3. The van der Waals surface area contributed by atoms with Crippen LogP contribution in [0, 0.1) is 0 Å². The van der Waals surface area contributed by atoms with Gasteiger partial charge in [-0.1, -0.05) is 25.7 Å². The van der Waals surface area contributed by atoms with Crippen LogP contribution >= 0.6 is 0 Å². The molecule has 0 spiro atoms. The maximum absolute atomic E-state index is 11.5. The Kier molecular flexibility index (Phi) is 4.14. The molecule has 0 heterocycles. The van der Waals surface area contributed by atoms with Crippen molar-refractivity contribution in [3.8, 4) is 0 Å². The smallest absolute Gasteiger partial charge is 0.323 e. The molecule has 0 atom stereocenters. The van der Waals surface area contributed by atoms with Gasteiger partial charge in [-0.15, -0.1) is 0 Å². The predicted octanol–water partition coefficient (Wildman–Crippen LogP) is 1.02. The van der Waals surface area contributed by atoms with Crippen LogP contribution in [0.2, 0.25) is 0 Å². The van der Waals surface area contributed by atoms with E-state index in [-0.39, 0.29) is 0 Å². The normalized spacial score (nSPS) is 20.6. The molecular weight excluding hydrogens is 220 g/mol. The number of carboxylic acids is 1. The van der Waals surface area contributed by atoms with Gasteiger partial charge in [-0.2, -0.15) is 0 Å². The summed E-state index contributed by atoms with van der Waals surface area (Å²) in [5.41, 5.74) is 3.29. The van der Waals surface area contributed by atoms with Crippen LogP contribution in [0.3, 0.4) is 0 Å². The van der Waals surface area contributed by atoms with Crippen molar-refractivity contribution < 1.29 is 14.7 Å². The van der Waals surface area contributed by atoms with Crippen molar-refractivity contribution in [2.45, 2.75) is 63.5 Å². The maximum Gasteiger partial charge on any atom is 0.323 e. The minimum absolute atomic E-state index is 0.526. The first-order chi connectivity index (χ1) is 7.80.